The molecule has 2 aromatic carbocycles. The maximum Gasteiger partial charge on any atom is 0.388 e. The zero-order valence-corrected chi connectivity index (χ0v) is 15.5. The van der Waals surface area contributed by atoms with Crippen LogP contribution in [-0.4, -0.2) is 39.9 Å². The third-order valence-corrected chi connectivity index (χ3v) is 4.98. The van der Waals surface area contributed by atoms with E-state index in [1.54, 1.807) is 12.1 Å². The summed E-state index contributed by atoms with van der Waals surface area (Å²) in [6.07, 6.45) is 1.18. The number of halogens is 2. The van der Waals surface area contributed by atoms with E-state index in [4.69, 9.17) is 9.84 Å². The lowest BCUT2D eigenvalue weighted by atomic mass is 10.1. The molecular weight excluding hydrogens is 388 g/mol. The summed E-state index contributed by atoms with van der Waals surface area (Å²) in [5, 5.41) is 9.63. The number of hydrogen-bond acceptors (Lipinski definition) is 7. The highest BCUT2D eigenvalue weighted by Gasteiger charge is 2.15. The standard InChI is InChI=1S/C19H15F2N3O3S/c1-10-6-12(17-14(7-10)23-16(9-22-17)27-19(20)21)18-24-13-3-2-11(26-5-4-25)8-15(13)28-18/h2-3,6-9,19,25H,4-5H2,1H3. The van der Waals surface area contributed by atoms with Crippen LogP contribution in [0, 0.1) is 6.92 Å². The van der Waals surface area contributed by atoms with E-state index in [2.05, 4.69) is 19.7 Å². The minimum atomic E-state index is -2.96. The predicted molar refractivity (Wildman–Crippen MR) is 102 cm³/mol. The Hall–Kier alpha value is -2.91. The van der Waals surface area contributed by atoms with Crippen molar-refractivity contribution in [3.05, 3.63) is 42.1 Å². The second-order valence-corrected chi connectivity index (χ2v) is 7.02. The summed E-state index contributed by atoms with van der Waals surface area (Å²) < 4.78 is 35.6. The predicted octanol–water partition coefficient (Wildman–Crippen LogP) is 4.19. The molecule has 0 aliphatic carbocycles. The highest BCUT2D eigenvalue weighted by Crippen LogP contribution is 2.36. The van der Waals surface area contributed by atoms with Crippen LogP contribution in [0.2, 0.25) is 0 Å². The van der Waals surface area contributed by atoms with E-state index < -0.39 is 6.61 Å². The molecule has 2 aromatic heterocycles. The molecule has 4 rings (SSSR count). The van der Waals surface area contributed by atoms with Gasteiger partial charge in [-0.25, -0.2) is 15.0 Å². The van der Waals surface area contributed by atoms with Crippen LogP contribution in [-0.2, 0) is 0 Å². The molecule has 0 aliphatic heterocycles. The minimum Gasteiger partial charge on any atom is -0.491 e. The molecule has 0 spiro atoms. The van der Waals surface area contributed by atoms with E-state index >= 15 is 0 Å². The number of aromatic nitrogens is 3. The first-order valence-corrected chi connectivity index (χ1v) is 9.22. The first-order valence-electron chi connectivity index (χ1n) is 8.40. The fraction of sp³-hybridized carbons (Fsp3) is 0.211. The third-order valence-electron chi connectivity index (χ3n) is 3.93. The number of aryl methyl sites for hydroxylation is 1. The Morgan fingerprint density at radius 1 is 1.14 bits per heavy atom. The summed E-state index contributed by atoms with van der Waals surface area (Å²) >= 11 is 1.46. The molecule has 0 saturated heterocycles. The van der Waals surface area contributed by atoms with Gasteiger partial charge >= 0.3 is 6.61 Å². The van der Waals surface area contributed by atoms with Gasteiger partial charge in [-0.15, -0.1) is 11.3 Å². The Bertz CT molecular complexity index is 1150. The van der Waals surface area contributed by atoms with E-state index in [0.29, 0.717) is 16.8 Å². The molecule has 0 aliphatic rings. The zero-order valence-electron chi connectivity index (χ0n) is 14.7. The second kappa shape index (κ2) is 7.61. The van der Waals surface area contributed by atoms with E-state index in [-0.39, 0.29) is 19.1 Å². The van der Waals surface area contributed by atoms with Crippen molar-refractivity contribution in [3.8, 4) is 22.2 Å². The fourth-order valence-electron chi connectivity index (χ4n) is 2.83. The summed E-state index contributed by atoms with van der Waals surface area (Å²) in [6.45, 7) is -0.905. The lowest BCUT2D eigenvalue weighted by molar-refractivity contribution is -0.0528. The van der Waals surface area contributed by atoms with Crippen molar-refractivity contribution in [1.82, 2.24) is 15.0 Å². The van der Waals surface area contributed by atoms with Crippen molar-refractivity contribution >= 4 is 32.6 Å². The Kier molecular flexibility index (Phi) is 5.01. The largest absolute Gasteiger partial charge is 0.491 e. The zero-order chi connectivity index (χ0) is 19.7. The average molecular weight is 403 g/mol. The molecule has 4 aromatic rings. The SMILES string of the molecule is Cc1cc(-c2nc3ccc(OCCO)cc3s2)c2ncc(OC(F)F)nc2c1. The number of aliphatic hydroxyl groups excluding tert-OH is 1. The number of aliphatic hydroxyl groups is 1. The van der Waals surface area contributed by atoms with Gasteiger partial charge in [0.1, 0.15) is 17.4 Å². The number of nitrogens with zero attached hydrogens (tertiary/aromatic N) is 3. The molecule has 0 bridgehead atoms. The monoisotopic (exact) mass is 403 g/mol. The molecule has 9 heteroatoms. The smallest absolute Gasteiger partial charge is 0.388 e. The average Bonchev–Trinajstić information content (AvgIpc) is 3.08. The number of benzene rings is 2. The molecule has 28 heavy (non-hydrogen) atoms. The molecule has 0 radical (unpaired) electrons. The van der Waals surface area contributed by atoms with Gasteiger partial charge in [0.25, 0.3) is 0 Å². The number of hydrogen-bond donors (Lipinski definition) is 1. The molecule has 0 amide bonds. The number of rotatable bonds is 6. The number of fused-ring (bicyclic) bond motifs is 2. The van der Waals surface area contributed by atoms with Gasteiger partial charge < -0.3 is 14.6 Å². The van der Waals surface area contributed by atoms with E-state index in [1.807, 2.05) is 25.1 Å². The summed E-state index contributed by atoms with van der Waals surface area (Å²) in [4.78, 5) is 13.1. The molecule has 0 unspecified atom stereocenters. The van der Waals surface area contributed by atoms with Gasteiger partial charge in [-0.3, -0.25) is 0 Å². The maximum absolute atomic E-state index is 12.5. The van der Waals surface area contributed by atoms with Crippen LogP contribution in [0.1, 0.15) is 5.56 Å². The molecule has 0 saturated carbocycles. The highest BCUT2D eigenvalue weighted by atomic mass is 32.1. The van der Waals surface area contributed by atoms with Crippen LogP contribution in [0.15, 0.2) is 36.5 Å². The first-order chi connectivity index (χ1) is 13.5. The normalized spacial score (nSPS) is 11.5. The molecule has 2 heterocycles. The lowest BCUT2D eigenvalue weighted by Gasteiger charge is -2.07. The Morgan fingerprint density at radius 3 is 2.79 bits per heavy atom. The van der Waals surface area contributed by atoms with Crippen molar-refractivity contribution in [2.24, 2.45) is 0 Å². The molecule has 6 nitrogen and oxygen atoms in total. The van der Waals surface area contributed by atoms with Gasteiger partial charge in [0.15, 0.2) is 0 Å². The van der Waals surface area contributed by atoms with Crippen molar-refractivity contribution in [2.45, 2.75) is 13.5 Å². The van der Waals surface area contributed by atoms with E-state index in [0.717, 1.165) is 26.4 Å². The Morgan fingerprint density at radius 2 is 2.00 bits per heavy atom. The number of ether oxygens (including phenoxy) is 2. The number of thiazole rings is 1. The van der Waals surface area contributed by atoms with E-state index in [1.165, 1.54) is 17.5 Å². The first kappa shape index (κ1) is 18.5. The fourth-order valence-corrected chi connectivity index (χ4v) is 3.84. The summed E-state index contributed by atoms with van der Waals surface area (Å²) in [7, 11) is 0. The summed E-state index contributed by atoms with van der Waals surface area (Å²) in [5.74, 6) is 0.424. The van der Waals surface area contributed by atoms with Gasteiger partial charge in [0.05, 0.1) is 34.1 Å². The van der Waals surface area contributed by atoms with Crippen LogP contribution in [0.4, 0.5) is 8.78 Å². The Labute approximate surface area is 162 Å². The van der Waals surface area contributed by atoms with Crippen LogP contribution >= 0.6 is 11.3 Å². The van der Waals surface area contributed by atoms with Crippen LogP contribution < -0.4 is 9.47 Å². The Balaban J connectivity index is 1.79. The van der Waals surface area contributed by atoms with Crippen LogP contribution in [0.5, 0.6) is 11.6 Å². The van der Waals surface area contributed by atoms with Crippen molar-refractivity contribution in [1.29, 1.82) is 0 Å². The number of alkyl halides is 2. The maximum atomic E-state index is 12.5. The topological polar surface area (TPSA) is 77.4 Å². The molecular formula is C19H15F2N3O3S. The summed E-state index contributed by atoms with van der Waals surface area (Å²) in [6, 6.07) is 9.21. The molecule has 0 fully saturated rings. The third kappa shape index (κ3) is 3.71. The molecule has 144 valence electrons. The lowest BCUT2D eigenvalue weighted by Crippen LogP contribution is -2.04. The molecule has 1 N–H and O–H groups in total. The van der Waals surface area contributed by atoms with Crippen LogP contribution in [0.3, 0.4) is 0 Å². The van der Waals surface area contributed by atoms with E-state index in [9.17, 15) is 8.78 Å². The van der Waals surface area contributed by atoms with Gasteiger partial charge in [-0.2, -0.15) is 8.78 Å². The van der Waals surface area contributed by atoms with Gasteiger partial charge in [-0.1, -0.05) is 0 Å². The minimum absolute atomic E-state index is 0.0583. The van der Waals surface area contributed by atoms with Crippen molar-refractivity contribution in [3.63, 3.8) is 0 Å². The second-order valence-electron chi connectivity index (χ2n) is 5.99. The van der Waals surface area contributed by atoms with Gasteiger partial charge in [-0.05, 0) is 42.8 Å². The van der Waals surface area contributed by atoms with Gasteiger partial charge in [0.2, 0.25) is 5.88 Å². The van der Waals surface area contributed by atoms with Crippen molar-refractivity contribution < 1.29 is 23.4 Å². The van der Waals surface area contributed by atoms with Gasteiger partial charge in [0, 0.05) is 5.56 Å². The molecule has 0 atom stereocenters. The van der Waals surface area contributed by atoms with Crippen LogP contribution in [0.25, 0.3) is 31.8 Å². The highest BCUT2D eigenvalue weighted by molar-refractivity contribution is 7.21. The quantitative estimate of drug-likeness (QED) is 0.520. The van der Waals surface area contributed by atoms with Crippen molar-refractivity contribution in [2.75, 3.05) is 13.2 Å². The summed E-state index contributed by atoms with van der Waals surface area (Å²) in [5.41, 5.74) is 3.49.